The SMILES string of the molecule is Cc1ccc(-c2ccc(C(=O)N3CCCc4cc(/C=C/CN(C)C)ccc43)cn2)cc1.Cl. The fourth-order valence-corrected chi connectivity index (χ4v) is 3.90. The highest BCUT2D eigenvalue weighted by molar-refractivity contribution is 6.06. The minimum absolute atomic E-state index is 0. The van der Waals surface area contributed by atoms with E-state index < -0.39 is 0 Å². The van der Waals surface area contributed by atoms with Gasteiger partial charge < -0.3 is 9.80 Å². The molecule has 0 fully saturated rings. The number of pyridine rings is 1. The normalized spacial score (nSPS) is 13.2. The quantitative estimate of drug-likeness (QED) is 0.507. The standard InChI is InChI=1S/C27H29N3O.ClH/c1-20-8-11-22(12-9-20)25-14-13-24(19-28-25)27(31)30-17-5-7-23-18-21(10-15-26(23)30)6-4-16-29(2)3;/h4,6,8-15,18-19H,5,7,16-17H2,1-3H3;1H/b6-4+;. The molecule has 2 heterocycles. The number of benzene rings is 2. The van der Waals surface area contributed by atoms with Gasteiger partial charge in [0.2, 0.25) is 0 Å². The minimum atomic E-state index is 0. The number of rotatable bonds is 5. The first kappa shape index (κ1) is 23.7. The number of hydrogen-bond acceptors (Lipinski definition) is 3. The molecule has 0 bridgehead atoms. The van der Waals surface area contributed by atoms with E-state index in [9.17, 15) is 4.79 Å². The Morgan fingerprint density at radius 3 is 2.56 bits per heavy atom. The lowest BCUT2D eigenvalue weighted by Gasteiger charge is -2.30. The van der Waals surface area contributed by atoms with Crippen LogP contribution in [0.3, 0.4) is 0 Å². The van der Waals surface area contributed by atoms with Gasteiger partial charge >= 0.3 is 0 Å². The Labute approximate surface area is 197 Å². The Balaban J connectivity index is 0.00000289. The van der Waals surface area contributed by atoms with Gasteiger partial charge in [0, 0.05) is 30.5 Å². The fourth-order valence-electron chi connectivity index (χ4n) is 3.90. The van der Waals surface area contributed by atoms with Crippen LogP contribution in [0.1, 0.15) is 33.5 Å². The van der Waals surface area contributed by atoms with Gasteiger partial charge in [-0.3, -0.25) is 9.78 Å². The fraction of sp³-hybridized carbons (Fsp3) is 0.259. The maximum Gasteiger partial charge on any atom is 0.259 e. The molecule has 32 heavy (non-hydrogen) atoms. The van der Waals surface area contributed by atoms with Gasteiger partial charge in [0.25, 0.3) is 5.91 Å². The van der Waals surface area contributed by atoms with Gasteiger partial charge in [-0.15, -0.1) is 12.4 Å². The summed E-state index contributed by atoms with van der Waals surface area (Å²) in [5, 5.41) is 0. The molecular weight excluding hydrogens is 418 g/mol. The van der Waals surface area contributed by atoms with E-state index in [1.54, 1.807) is 6.20 Å². The lowest BCUT2D eigenvalue weighted by Crippen LogP contribution is -2.35. The number of hydrogen-bond donors (Lipinski definition) is 0. The lowest BCUT2D eigenvalue weighted by molar-refractivity contribution is 0.0985. The van der Waals surface area contributed by atoms with Crippen molar-refractivity contribution < 1.29 is 4.79 Å². The lowest BCUT2D eigenvalue weighted by atomic mass is 9.98. The number of amides is 1. The van der Waals surface area contributed by atoms with E-state index in [0.29, 0.717) is 5.56 Å². The van der Waals surface area contributed by atoms with Crippen molar-refractivity contribution in [2.75, 3.05) is 32.1 Å². The number of fused-ring (bicyclic) bond motifs is 1. The molecule has 3 aromatic rings. The smallest absolute Gasteiger partial charge is 0.259 e. The second-order valence-electron chi connectivity index (χ2n) is 8.41. The molecule has 0 aliphatic carbocycles. The largest absolute Gasteiger partial charge is 0.308 e. The van der Waals surface area contributed by atoms with Crippen LogP contribution in [0.4, 0.5) is 5.69 Å². The van der Waals surface area contributed by atoms with Crippen LogP contribution in [0.15, 0.2) is 66.9 Å². The zero-order valence-corrected chi connectivity index (χ0v) is 19.7. The predicted molar refractivity (Wildman–Crippen MR) is 136 cm³/mol. The molecule has 1 amide bonds. The number of anilines is 1. The van der Waals surface area contributed by atoms with E-state index in [4.69, 9.17) is 0 Å². The molecule has 1 aliphatic heterocycles. The van der Waals surface area contributed by atoms with Crippen LogP contribution >= 0.6 is 12.4 Å². The summed E-state index contributed by atoms with van der Waals surface area (Å²) in [5.74, 6) is 0.0137. The third-order valence-corrected chi connectivity index (χ3v) is 5.61. The summed E-state index contributed by atoms with van der Waals surface area (Å²) in [7, 11) is 4.12. The van der Waals surface area contributed by atoms with Crippen molar-refractivity contribution in [2.24, 2.45) is 0 Å². The Kier molecular flexibility index (Phi) is 7.84. The van der Waals surface area contributed by atoms with E-state index in [1.807, 2.05) is 17.0 Å². The van der Waals surface area contributed by atoms with Gasteiger partial charge in [-0.2, -0.15) is 0 Å². The highest BCUT2D eigenvalue weighted by Crippen LogP contribution is 2.30. The first-order chi connectivity index (χ1) is 15.0. The Bertz CT molecular complexity index is 1090. The monoisotopic (exact) mass is 447 g/mol. The van der Waals surface area contributed by atoms with Crippen LogP contribution in [0, 0.1) is 6.92 Å². The number of nitrogens with zero attached hydrogens (tertiary/aromatic N) is 3. The Morgan fingerprint density at radius 1 is 1.09 bits per heavy atom. The third-order valence-electron chi connectivity index (χ3n) is 5.61. The minimum Gasteiger partial charge on any atom is -0.308 e. The zero-order valence-electron chi connectivity index (χ0n) is 18.9. The molecule has 0 saturated heterocycles. The molecule has 166 valence electrons. The molecule has 0 N–H and O–H groups in total. The first-order valence-corrected chi connectivity index (χ1v) is 10.8. The van der Waals surface area contributed by atoms with Crippen molar-refractivity contribution in [3.8, 4) is 11.3 Å². The van der Waals surface area contributed by atoms with Crippen LogP contribution in [0.5, 0.6) is 0 Å². The summed E-state index contributed by atoms with van der Waals surface area (Å²) >= 11 is 0. The number of aromatic nitrogens is 1. The van der Waals surface area contributed by atoms with Crippen LogP contribution in [0.2, 0.25) is 0 Å². The van der Waals surface area contributed by atoms with E-state index in [0.717, 1.165) is 42.9 Å². The molecular formula is C27H30ClN3O. The van der Waals surface area contributed by atoms with Crippen molar-refractivity contribution in [2.45, 2.75) is 19.8 Å². The molecule has 2 aromatic carbocycles. The number of carbonyl (C=O) groups is 1. The van der Waals surface area contributed by atoms with E-state index >= 15 is 0 Å². The molecule has 0 atom stereocenters. The summed E-state index contributed by atoms with van der Waals surface area (Å²) < 4.78 is 0. The number of aryl methyl sites for hydroxylation is 2. The van der Waals surface area contributed by atoms with E-state index in [2.05, 4.69) is 85.5 Å². The maximum atomic E-state index is 13.3. The molecule has 0 saturated carbocycles. The first-order valence-electron chi connectivity index (χ1n) is 10.8. The van der Waals surface area contributed by atoms with E-state index in [-0.39, 0.29) is 18.3 Å². The highest BCUT2D eigenvalue weighted by atomic mass is 35.5. The summed E-state index contributed by atoms with van der Waals surface area (Å²) in [6, 6.07) is 18.5. The van der Waals surface area contributed by atoms with Gasteiger partial charge in [-0.1, -0.05) is 48.0 Å². The molecule has 4 nitrogen and oxygen atoms in total. The molecule has 0 radical (unpaired) electrons. The van der Waals surface area contributed by atoms with Gasteiger partial charge in [-0.25, -0.2) is 0 Å². The van der Waals surface area contributed by atoms with Crippen molar-refractivity contribution >= 4 is 30.1 Å². The number of carbonyl (C=O) groups excluding carboxylic acids is 1. The van der Waals surface area contributed by atoms with Crippen LogP contribution in [-0.4, -0.2) is 43.0 Å². The summed E-state index contributed by atoms with van der Waals surface area (Å²) in [5.41, 5.74) is 7.21. The zero-order chi connectivity index (χ0) is 21.8. The van der Waals surface area contributed by atoms with Crippen LogP contribution in [-0.2, 0) is 6.42 Å². The van der Waals surface area contributed by atoms with Crippen molar-refractivity contribution in [3.63, 3.8) is 0 Å². The molecule has 0 spiro atoms. The summed E-state index contributed by atoms with van der Waals surface area (Å²) in [6.07, 6.45) is 7.98. The number of likely N-dealkylation sites (N-methyl/N-ethyl adjacent to an activating group) is 1. The van der Waals surface area contributed by atoms with Crippen molar-refractivity contribution in [3.05, 3.63) is 89.1 Å². The molecule has 1 aliphatic rings. The highest BCUT2D eigenvalue weighted by Gasteiger charge is 2.24. The average molecular weight is 448 g/mol. The third kappa shape index (κ3) is 5.45. The van der Waals surface area contributed by atoms with Gasteiger partial charge in [0.15, 0.2) is 0 Å². The van der Waals surface area contributed by atoms with Crippen molar-refractivity contribution in [1.82, 2.24) is 9.88 Å². The van der Waals surface area contributed by atoms with Crippen LogP contribution < -0.4 is 4.90 Å². The topological polar surface area (TPSA) is 36.4 Å². The Hall–Kier alpha value is -2.95. The molecule has 1 aromatic heterocycles. The summed E-state index contributed by atoms with van der Waals surface area (Å²) in [4.78, 5) is 21.8. The second-order valence-corrected chi connectivity index (χ2v) is 8.41. The second kappa shape index (κ2) is 10.6. The average Bonchev–Trinajstić information content (AvgIpc) is 2.78. The van der Waals surface area contributed by atoms with Gasteiger partial charge in [0.1, 0.15) is 0 Å². The maximum absolute atomic E-state index is 13.3. The van der Waals surface area contributed by atoms with Crippen LogP contribution in [0.25, 0.3) is 17.3 Å². The summed E-state index contributed by atoms with van der Waals surface area (Å²) in [6.45, 7) is 3.72. The molecule has 4 rings (SSSR count). The van der Waals surface area contributed by atoms with E-state index in [1.165, 1.54) is 16.7 Å². The Morgan fingerprint density at radius 2 is 1.88 bits per heavy atom. The molecule has 5 heteroatoms. The van der Waals surface area contributed by atoms with Gasteiger partial charge in [-0.05, 0) is 69.3 Å². The molecule has 0 unspecified atom stereocenters. The van der Waals surface area contributed by atoms with Crippen molar-refractivity contribution in [1.29, 1.82) is 0 Å². The number of halogens is 1. The predicted octanol–water partition coefficient (Wildman–Crippen LogP) is 5.65. The van der Waals surface area contributed by atoms with Gasteiger partial charge in [0.05, 0.1) is 11.3 Å².